The van der Waals surface area contributed by atoms with Gasteiger partial charge in [-0.25, -0.2) is 0 Å². The summed E-state index contributed by atoms with van der Waals surface area (Å²) in [5.74, 6) is -19.0. The predicted octanol–water partition coefficient (Wildman–Crippen LogP) is 5.85. The first-order valence-corrected chi connectivity index (χ1v) is 9.21. The van der Waals surface area contributed by atoms with Crippen LogP contribution < -0.4 is 4.74 Å². The summed E-state index contributed by atoms with van der Waals surface area (Å²) in [6.45, 7) is 3.13. The van der Waals surface area contributed by atoms with Crippen molar-refractivity contribution in [2.24, 2.45) is 5.92 Å². The van der Waals surface area contributed by atoms with Gasteiger partial charge in [-0.05, 0) is 31.0 Å². The molecule has 0 saturated heterocycles. The summed E-state index contributed by atoms with van der Waals surface area (Å²) < 4.78 is 126. The van der Waals surface area contributed by atoms with Crippen LogP contribution in [0.1, 0.15) is 32.3 Å². The van der Waals surface area contributed by atoms with E-state index in [9.17, 15) is 39.5 Å². The minimum absolute atomic E-state index is 0.0488. The average molecular weight is 470 g/mol. The van der Waals surface area contributed by atoms with Crippen molar-refractivity contribution in [3.8, 4) is 5.75 Å². The highest BCUT2D eigenvalue weighted by atomic mass is 19.4. The molecule has 0 fully saturated rings. The van der Waals surface area contributed by atoms with E-state index in [0.717, 1.165) is 0 Å². The summed E-state index contributed by atoms with van der Waals surface area (Å²) >= 11 is 0. The van der Waals surface area contributed by atoms with E-state index in [1.165, 1.54) is 12.1 Å². The van der Waals surface area contributed by atoms with Crippen LogP contribution in [0, 0.1) is 5.92 Å². The molecule has 0 spiro atoms. The summed E-state index contributed by atoms with van der Waals surface area (Å²) in [7, 11) is 0. The van der Waals surface area contributed by atoms with Gasteiger partial charge in [-0.15, -0.1) is 0 Å². The highest BCUT2D eigenvalue weighted by Gasteiger charge is 2.81. The van der Waals surface area contributed by atoms with E-state index in [2.05, 4.69) is 0 Å². The standard InChI is InChI=1S/C19H23F9O3/c1-12(10-29)13(2)31-11-14-4-6-15(7-5-14)30-9-3-8-16(20,21)17(22,23)18(24,25)19(26,27)28/h4-7,12-13,29H,3,8-11H2,1-2H3/t12-,13-/m0/s1. The molecule has 0 aromatic heterocycles. The lowest BCUT2D eigenvalue weighted by atomic mass is 10.00. The highest BCUT2D eigenvalue weighted by molar-refractivity contribution is 5.26. The first kappa shape index (κ1) is 27.3. The zero-order chi connectivity index (χ0) is 24.1. The average Bonchev–Trinajstić information content (AvgIpc) is 2.68. The van der Waals surface area contributed by atoms with Gasteiger partial charge in [-0.3, -0.25) is 0 Å². The van der Waals surface area contributed by atoms with Crippen LogP contribution in [0.4, 0.5) is 39.5 Å². The summed E-state index contributed by atoms with van der Waals surface area (Å²) in [5.41, 5.74) is 0.713. The molecule has 0 bridgehead atoms. The van der Waals surface area contributed by atoms with Crippen molar-refractivity contribution in [3.05, 3.63) is 29.8 Å². The Morgan fingerprint density at radius 2 is 1.42 bits per heavy atom. The number of halogens is 9. The van der Waals surface area contributed by atoms with Gasteiger partial charge in [0.1, 0.15) is 5.75 Å². The molecule has 0 heterocycles. The SMILES string of the molecule is C[C@H](OCc1ccc(OCCCC(F)(F)C(F)(F)C(F)(F)C(F)(F)F)cc1)[C@@H](C)CO. The predicted molar refractivity (Wildman–Crippen MR) is 92.6 cm³/mol. The van der Waals surface area contributed by atoms with E-state index < -0.39 is 43.4 Å². The number of ether oxygens (including phenoxy) is 2. The van der Waals surface area contributed by atoms with Gasteiger partial charge in [0.25, 0.3) is 0 Å². The van der Waals surface area contributed by atoms with E-state index >= 15 is 0 Å². The number of alkyl halides is 9. The van der Waals surface area contributed by atoms with Crippen LogP contribution >= 0.6 is 0 Å². The van der Waals surface area contributed by atoms with Crippen LogP contribution in [0.15, 0.2) is 24.3 Å². The lowest BCUT2D eigenvalue weighted by Gasteiger charge is -2.33. The van der Waals surface area contributed by atoms with Gasteiger partial charge in [-0.1, -0.05) is 19.1 Å². The zero-order valence-electron chi connectivity index (χ0n) is 16.7. The van der Waals surface area contributed by atoms with E-state index in [0.29, 0.717) is 5.56 Å². The van der Waals surface area contributed by atoms with Crippen molar-refractivity contribution in [3.63, 3.8) is 0 Å². The fourth-order valence-electron chi connectivity index (χ4n) is 2.27. The van der Waals surface area contributed by atoms with Crippen LogP contribution in [-0.2, 0) is 11.3 Å². The minimum atomic E-state index is -6.88. The molecule has 1 rings (SSSR count). The summed E-state index contributed by atoms with van der Waals surface area (Å²) in [4.78, 5) is 0. The van der Waals surface area contributed by atoms with E-state index in [4.69, 9.17) is 14.6 Å². The Kier molecular flexibility index (Phi) is 9.07. The van der Waals surface area contributed by atoms with Gasteiger partial charge in [0.15, 0.2) is 0 Å². The second-order valence-corrected chi connectivity index (χ2v) is 7.12. The number of hydrogen-bond donors (Lipinski definition) is 1. The second kappa shape index (κ2) is 10.3. The van der Waals surface area contributed by atoms with Gasteiger partial charge in [0, 0.05) is 18.9 Å². The van der Waals surface area contributed by atoms with Gasteiger partial charge < -0.3 is 14.6 Å². The number of aliphatic hydroxyl groups excluding tert-OH is 1. The third kappa shape index (κ3) is 6.64. The van der Waals surface area contributed by atoms with E-state index in [1.807, 2.05) is 0 Å². The lowest BCUT2D eigenvalue weighted by Crippen LogP contribution is -2.60. The summed E-state index contributed by atoms with van der Waals surface area (Å²) in [6, 6.07) is 5.98. The number of rotatable bonds is 12. The maximum absolute atomic E-state index is 13.4. The van der Waals surface area contributed by atoms with E-state index in [1.54, 1.807) is 26.0 Å². The molecule has 0 aliphatic heterocycles. The first-order chi connectivity index (χ1) is 14.1. The Morgan fingerprint density at radius 3 is 1.90 bits per heavy atom. The molecular formula is C19H23F9O3. The Bertz CT molecular complexity index is 675. The van der Waals surface area contributed by atoms with Gasteiger partial charge in [0.05, 0.1) is 19.3 Å². The molecule has 12 heteroatoms. The van der Waals surface area contributed by atoms with Crippen LogP contribution in [0.5, 0.6) is 5.75 Å². The van der Waals surface area contributed by atoms with Crippen LogP contribution in [-0.4, -0.2) is 48.4 Å². The van der Waals surface area contributed by atoms with Crippen LogP contribution in [0.3, 0.4) is 0 Å². The van der Waals surface area contributed by atoms with Gasteiger partial charge in [0.2, 0.25) is 0 Å². The first-order valence-electron chi connectivity index (χ1n) is 9.21. The van der Waals surface area contributed by atoms with Crippen molar-refractivity contribution in [1.29, 1.82) is 0 Å². The maximum Gasteiger partial charge on any atom is 0.460 e. The molecule has 0 aliphatic carbocycles. The second-order valence-electron chi connectivity index (χ2n) is 7.12. The van der Waals surface area contributed by atoms with Crippen molar-refractivity contribution >= 4 is 0 Å². The van der Waals surface area contributed by atoms with Crippen molar-refractivity contribution in [1.82, 2.24) is 0 Å². The number of aliphatic hydroxyl groups is 1. The van der Waals surface area contributed by atoms with Crippen LogP contribution in [0.25, 0.3) is 0 Å². The van der Waals surface area contributed by atoms with Crippen molar-refractivity contribution < 1.29 is 54.1 Å². The summed E-state index contributed by atoms with van der Waals surface area (Å²) in [5, 5.41) is 9.04. The molecule has 1 N–H and O–H groups in total. The molecule has 180 valence electrons. The Morgan fingerprint density at radius 1 is 0.871 bits per heavy atom. The minimum Gasteiger partial charge on any atom is -0.494 e. The lowest BCUT2D eigenvalue weighted by molar-refractivity contribution is -0.396. The quantitative estimate of drug-likeness (QED) is 0.308. The molecule has 1 aromatic rings. The fourth-order valence-corrected chi connectivity index (χ4v) is 2.27. The molecule has 0 amide bonds. The molecule has 0 radical (unpaired) electrons. The number of benzene rings is 1. The highest BCUT2D eigenvalue weighted by Crippen LogP contribution is 2.54. The topological polar surface area (TPSA) is 38.7 Å². The van der Waals surface area contributed by atoms with Gasteiger partial charge in [-0.2, -0.15) is 39.5 Å². The van der Waals surface area contributed by atoms with E-state index in [-0.39, 0.29) is 31.0 Å². The van der Waals surface area contributed by atoms with Crippen molar-refractivity contribution in [2.45, 2.75) is 63.3 Å². The Hall–Kier alpha value is -1.69. The smallest absolute Gasteiger partial charge is 0.460 e. The Labute approximate surface area is 173 Å². The molecule has 0 aliphatic rings. The normalized spacial score (nSPS) is 15.6. The molecule has 0 unspecified atom stereocenters. The monoisotopic (exact) mass is 470 g/mol. The molecule has 2 atom stereocenters. The third-order valence-corrected chi connectivity index (χ3v) is 4.64. The van der Waals surface area contributed by atoms with Gasteiger partial charge >= 0.3 is 23.9 Å². The van der Waals surface area contributed by atoms with Crippen molar-refractivity contribution in [2.75, 3.05) is 13.2 Å². The third-order valence-electron chi connectivity index (χ3n) is 4.64. The Balaban J connectivity index is 2.55. The fraction of sp³-hybridized carbons (Fsp3) is 0.684. The largest absolute Gasteiger partial charge is 0.494 e. The molecule has 31 heavy (non-hydrogen) atoms. The molecule has 3 nitrogen and oxygen atoms in total. The number of hydrogen-bond acceptors (Lipinski definition) is 3. The summed E-state index contributed by atoms with van der Waals surface area (Å²) in [6.07, 6.45) is -9.86. The molecule has 1 aromatic carbocycles. The molecule has 0 saturated carbocycles. The maximum atomic E-state index is 13.4. The van der Waals surface area contributed by atoms with Crippen LogP contribution in [0.2, 0.25) is 0 Å². The molecular weight excluding hydrogens is 447 g/mol. The zero-order valence-corrected chi connectivity index (χ0v) is 16.7.